The zero-order valence-electron chi connectivity index (χ0n) is 14.8. The molecule has 0 aliphatic heterocycles. The van der Waals surface area contributed by atoms with Crippen LogP contribution in [0.2, 0.25) is 0 Å². The van der Waals surface area contributed by atoms with Gasteiger partial charge in [-0.05, 0) is 30.2 Å². The highest BCUT2D eigenvalue weighted by Gasteiger charge is 2.09. The summed E-state index contributed by atoms with van der Waals surface area (Å²) in [6.07, 6.45) is 1.06. The third kappa shape index (κ3) is 6.21. The number of carbonyl (C=O) groups is 2. The normalized spacial score (nSPS) is 10.4. The molecular formula is C20H19N3O4. The molecule has 0 saturated carbocycles. The number of esters is 1. The lowest BCUT2D eigenvalue weighted by Gasteiger charge is -2.08. The summed E-state index contributed by atoms with van der Waals surface area (Å²) in [7, 11) is 0. The Kier molecular flexibility index (Phi) is 7.42. The van der Waals surface area contributed by atoms with Gasteiger partial charge in [0.25, 0.3) is 5.91 Å². The predicted octanol–water partition coefficient (Wildman–Crippen LogP) is 2.32. The fourth-order valence-corrected chi connectivity index (χ4v) is 2.09. The van der Waals surface area contributed by atoms with Crippen molar-refractivity contribution in [3.05, 3.63) is 66.4 Å². The van der Waals surface area contributed by atoms with E-state index in [0.29, 0.717) is 5.75 Å². The molecule has 0 radical (unpaired) electrons. The SMILES string of the molecule is CCOC(=O)/C(C#N)=C/NNC(=O)COc1ccc(-c2ccccc2)cc1. The van der Waals surface area contributed by atoms with Crippen LogP contribution in [0.3, 0.4) is 0 Å². The smallest absolute Gasteiger partial charge is 0.350 e. The number of nitrogens with zero attached hydrogens (tertiary/aromatic N) is 1. The Labute approximate surface area is 157 Å². The molecule has 2 N–H and O–H groups in total. The molecule has 138 valence electrons. The first-order chi connectivity index (χ1) is 13.1. The van der Waals surface area contributed by atoms with E-state index in [0.717, 1.165) is 17.3 Å². The third-order valence-electron chi connectivity index (χ3n) is 3.38. The molecule has 0 fully saturated rings. The zero-order valence-corrected chi connectivity index (χ0v) is 14.8. The maximum atomic E-state index is 11.7. The second-order valence-electron chi connectivity index (χ2n) is 5.26. The highest BCUT2D eigenvalue weighted by atomic mass is 16.5. The molecular weight excluding hydrogens is 346 g/mol. The Morgan fingerprint density at radius 1 is 1.07 bits per heavy atom. The van der Waals surface area contributed by atoms with Gasteiger partial charge in [0.2, 0.25) is 0 Å². The predicted molar refractivity (Wildman–Crippen MR) is 99.0 cm³/mol. The molecule has 0 heterocycles. The minimum Gasteiger partial charge on any atom is -0.484 e. The quantitative estimate of drug-likeness (QED) is 0.322. The van der Waals surface area contributed by atoms with Gasteiger partial charge in [0, 0.05) is 6.20 Å². The van der Waals surface area contributed by atoms with Crippen molar-refractivity contribution >= 4 is 11.9 Å². The Morgan fingerprint density at radius 3 is 2.37 bits per heavy atom. The van der Waals surface area contributed by atoms with E-state index in [1.807, 2.05) is 42.5 Å². The molecule has 1 amide bonds. The molecule has 7 heteroatoms. The van der Waals surface area contributed by atoms with Gasteiger partial charge in [-0.2, -0.15) is 5.26 Å². The lowest BCUT2D eigenvalue weighted by Crippen LogP contribution is -2.37. The van der Waals surface area contributed by atoms with E-state index in [-0.39, 0.29) is 18.8 Å². The summed E-state index contributed by atoms with van der Waals surface area (Å²) in [5.41, 5.74) is 6.56. The lowest BCUT2D eigenvalue weighted by molar-refractivity contribution is -0.138. The summed E-state index contributed by atoms with van der Waals surface area (Å²) < 4.78 is 10.1. The first-order valence-corrected chi connectivity index (χ1v) is 8.24. The van der Waals surface area contributed by atoms with Gasteiger partial charge in [-0.3, -0.25) is 10.2 Å². The van der Waals surface area contributed by atoms with Gasteiger partial charge < -0.3 is 14.9 Å². The molecule has 27 heavy (non-hydrogen) atoms. The fourth-order valence-electron chi connectivity index (χ4n) is 2.09. The number of hydrogen-bond donors (Lipinski definition) is 2. The van der Waals surface area contributed by atoms with Gasteiger partial charge in [0.05, 0.1) is 6.61 Å². The van der Waals surface area contributed by atoms with Crippen molar-refractivity contribution in [1.29, 1.82) is 5.26 Å². The van der Waals surface area contributed by atoms with Crippen LogP contribution in [0.15, 0.2) is 66.4 Å². The van der Waals surface area contributed by atoms with Crippen LogP contribution in [-0.2, 0) is 14.3 Å². The average Bonchev–Trinajstić information content (AvgIpc) is 2.71. The van der Waals surface area contributed by atoms with E-state index in [1.54, 1.807) is 25.1 Å². The summed E-state index contributed by atoms with van der Waals surface area (Å²) in [5.74, 6) is -0.694. The van der Waals surface area contributed by atoms with Crippen molar-refractivity contribution in [3.8, 4) is 22.9 Å². The largest absolute Gasteiger partial charge is 0.484 e. The van der Waals surface area contributed by atoms with Crippen LogP contribution in [-0.4, -0.2) is 25.1 Å². The number of nitrogens with one attached hydrogen (secondary N) is 2. The molecule has 0 aliphatic carbocycles. The highest BCUT2D eigenvalue weighted by Crippen LogP contribution is 2.21. The standard InChI is InChI=1S/C20H19N3O4/c1-2-26-20(25)17(12-21)13-22-23-19(24)14-27-18-10-8-16(9-11-18)15-6-4-3-5-7-15/h3-11,13,22H,2,14H2,1H3,(H,23,24)/b17-13+. The summed E-state index contributed by atoms with van der Waals surface area (Å²) in [5, 5.41) is 8.85. The number of rotatable bonds is 8. The lowest BCUT2D eigenvalue weighted by atomic mass is 10.1. The minimum absolute atomic E-state index is 0.154. The van der Waals surface area contributed by atoms with Crippen LogP contribution < -0.4 is 15.6 Å². The van der Waals surface area contributed by atoms with Crippen molar-refractivity contribution in [2.24, 2.45) is 0 Å². The molecule has 0 unspecified atom stereocenters. The molecule has 0 bridgehead atoms. The van der Waals surface area contributed by atoms with Gasteiger partial charge in [-0.15, -0.1) is 0 Å². The maximum Gasteiger partial charge on any atom is 0.350 e. The first kappa shape index (κ1) is 19.5. The molecule has 7 nitrogen and oxygen atoms in total. The van der Waals surface area contributed by atoms with E-state index in [2.05, 4.69) is 10.9 Å². The second-order valence-corrected chi connectivity index (χ2v) is 5.26. The summed E-state index contributed by atoms with van der Waals surface area (Å²) in [6.45, 7) is 1.56. The van der Waals surface area contributed by atoms with Crippen LogP contribution in [0.1, 0.15) is 6.92 Å². The number of benzene rings is 2. The van der Waals surface area contributed by atoms with E-state index in [4.69, 9.17) is 14.7 Å². The van der Waals surface area contributed by atoms with Gasteiger partial charge in [0.1, 0.15) is 11.8 Å². The Bertz CT molecular complexity index is 840. The van der Waals surface area contributed by atoms with E-state index < -0.39 is 11.9 Å². The minimum atomic E-state index is -0.767. The van der Waals surface area contributed by atoms with Crippen LogP contribution in [0, 0.1) is 11.3 Å². The number of ether oxygens (including phenoxy) is 2. The third-order valence-corrected chi connectivity index (χ3v) is 3.38. The van der Waals surface area contributed by atoms with Gasteiger partial charge in [-0.1, -0.05) is 42.5 Å². The van der Waals surface area contributed by atoms with Crippen molar-refractivity contribution in [3.63, 3.8) is 0 Å². The van der Waals surface area contributed by atoms with E-state index in [1.165, 1.54) is 0 Å². The summed E-state index contributed by atoms with van der Waals surface area (Å²) >= 11 is 0. The fraction of sp³-hybridized carbons (Fsp3) is 0.150. The molecule has 2 rings (SSSR count). The monoisotopic (exact) mass is 365 g/mol. The maximum absolute atomic E-state index is 11.7. The van der Waals surface area contributed by atoms with Crippen molar-refractivity contribution < 1.29 is 19.1 Å². The first-order valence-electron chi connectivity index (χ1n) is 8.24. The Balaban J connectivity index is 1.80. The Hall–Kier alpha value is -3.79. The summed E-state index contributed by atoms with van der Waals surface area (Å²) in [6, 6.07) is 18.9. The average molecular weight is 365 g/mol. The number of carbonyl (C=O) groups excluding carboxylic acids is 2. The number of amides is 1. The molecule has 0 saturated heterocycles. The van der Waals surface area contributed by atoms with Crippen LogP contribution >= 0.6 is 0 Å². The molecule has 0 atom stereocenters. The van der Waals surface area contributed by atoms with Crippen LogP contribution in [0.5, 0.6) is 5.75 Å². The molecule has 0 spiro atoms. The number of nitriles is 1. The highest BCUT2D eigenvalue weighted by molar-refractivity contribution is 5.92. The molecule has 0 aliphatic rings. The molecule has 2 aromatic rings. The number of hydrogen-bond acceptors (Lipinski definition) is 6. The van der Waals surface area contributed by atoms with Crippen molar-refractivity contribution in [2.75, 3.05) is 13.2 Å². The van der Waals surface area contributed by atoms with Crippen molar-refractivity contribution in [1.82, 2.24) is 10.9 Å². The van der Waals surface area contributed by atoms with E-state index >= 15 is 0 Å². The van der Waals surface area contributed by atoms with Gasteiger partial charge in [-0.25, -0.2) is 4.79 Å². The van der Waals surface area contributed by atoms with Crippen molar-refractivity contribution in [2.45, 2.75) is 6.92 Å². The van der Waals surface area contributed by atoms with Gasteiger partial charge >= 0.3 is 5.97 Å². The Morgan fingerprint density at radius 2 is 1.74 bits per heavy atom. The topological polar surface area (TPSA) is 100 Å². The molecule has 0 aromatic heterocycles. The van der Waals surface area contributed by atoms with E-state index in [9.17, 15) is 9.59 Å². The zero-order chi connectivity index (χ0) is 19.5. The second kappa shape index (κ2) is 10.3. The summed E-state index contributed by atoms with van der Waals surface area (Å²) in [4.78, 5) is 23.1. The van der Waals surface area contributed by atoms with Crippen LogP contribution in [0.4, 0.5) is 0 Å². The van der Waals surface area contributed by atoms with Gasteiger partial charge in [0.15, 0.2) is 12.2 Å². The van der Waals surface area contributed by atoms with Crippen LogP contribution in [0.25, 0.3) is 11.1 Å². The number of hydrazine groups is 1. The molecule has 2 aromatic carbocycles.